The molecule has 1 N–H and O–H groups in total. The Balaban J connectivity index is 1.45. The van der Waals surface area contributed by atoms with Gasteiger partial charge in [-0.3, -0.25) is 4.79 Å². The van der Waals surface area contributed by atoms with Crippen LogP contribution in [0, 0.1) is 0 Å². The summed E-state index contributed by atoms with van der Waals surface area (Å²) >= 11 is 4.59. The summed E-state index contributed by atoms with van der Waals surface area (Å²) in [4.78, 5) is 21.9. The Morgan fingerprint density at radius 2 is 1.89 bits per heavy atom. The van der Waals surface area contributed by atoms with Crippen molar-refractivity contribution in [2.75, 3.05) is 5.32 Å². The molecule has 136 valence electrons. The van der Waals surface area contributed by atoms with E-state index in [4.69, 9.17) is 0 Å². The van der Waals surface area contributed by atoms with Gasteiger partial charge in [-0.15, -0.1) is 22.7 Å². The number of thioether (sulfide) groups is 1. The van der Waals surface area contributed by atoms with Gasteiger partial charge in [-0.05, 0) is 18.6 Å². The molecule has 1 atom stereocenters. The minimum atomic E-state index is -0.199. The van der Waals surface area contributed by atoms with Gasteiger partial charge in [-0.1, -0.05) is 61.2 Å². The molecule has 2 aromatic heterocycles. The lowest BCUT2D eigenvalue weighted by atomic mass is 10.2. The summed E-state index contributed by atoms with van der Waals surface area (Å²) in [6.07, 6.45) is 0.726. The summed E-state index contributed by atoms with van der Waals surface area (Å²) < 4.78 is 2.06. The van der Waals surface area contributed by atoms with Crippen LogP contribution in [0.15, 0.2) is 64.3 Å². The second-order valence-electron chi connectivity index (χ2n) is 5.86. The van der Waals surface area contributed by atoms with Crippen molar-refractivity contribution in [2.45, 2.75) is 22.9 Å². The molecule has 0 unspecified atom stereocenters. The number of anilines is 1. The summed E-state index contributed by atoms with van der Waals surface area (Å²) in [5, 5.41) is 5.35. The van der Waals surface area contributed by atoms with Crippen LogP contribution in [-0.4, -0.2) is 21.1 Å². The second kappa shape index (κ2) is 8.21. The molecule has 7 heteroatoms. The Morgan fingerprint density at radius 3 is 2.67 bits per heavy atom. The molecule has 0 spiro atoms. The van der Waals surface area contributed by atoms with Crippen molar-refractivity contribution >= 4 is 55.7 Å². The highest BCUT2D eigenvalue weighted by atomic mass is 32.2. The van der Waals surface area contributed by atoms with Crippen LogP contribution in [0.2, 0.25) is 0 Å². The number of rotatable bonds is 6. The molecule has 1 amide bonds. The van der Waals surface area contributed by atoms with Crippen LogP contribution in [0.4, 0.5) is 5.13 Å². The summed E-state index contributed by atoms with van der Waals surface area (Å²) in [7, 11) is 0. The summed E-state index contributed by atoms with van der Waals surface area (Å²) in [6.45, 7) is 2.02. The number of nitrogens with one attached hydrogen (secondary N) is 1. The molecule has 0 aliphatic carbocycles. The second-order valence-corrected chi connectivity index (χ2v) is 9.19. The number of thiazole rings is 2. The van der Waals surface area contributed by atoms with E-state index >= 15 is 0 Å². The number of hydrogen-bond acceptors (Lipinski definition) is 6. The number of carbonyl (C=O) groups excluding carboxylic acids is 1. The maximum atomic E-state index is 12.7. The van der Waals surface area contributed by atoms with E-state index in [2.05, 4.69) is 21.4 Å². The Labute approximate surface area is 169 Å². The monoisotopic (exact) mass is 411 g/mol. The smallest absolute Gasteiger partial charge is 0.239 e. The maximum Gasteiger partial charge on any atom is 0.239 e. The van der Waals surface area contributed by atoms with Crippen molar-refractivity contribution < 1.29 is 4.79 Å². The molecule has 0 bridgehead atoms. The molecule has 4 nitrogen and oxygen atoms in total. The molecule has 0 saturated heterocycles. The first-order valence-corrected chi connectivity index (χ1v) is 11.1. The number of fused-ring (bicyclic) bond motifs is 1. The number of hydrogen-bond donors (Lipinski definition) is 1. The van der Waals surface area contributed by atoms with E-state index < -0.39 is 0 Å². The molecule has 0 fully saturated rings. The molecular weight excluding hydrogens is 394 g/mol. The zero-order chi connectivity index (χ0) is 18.6. The van der Waals surface area contributed by atoms with E-state index in [0.29, 0.717) is 5.13 Å². The van der Waals surface area contributed by atoms with Crippen molar-refractivity contribution in [2.24, 2.45) is 0 Å². The van der Waals surface area contributed by atoms with Gasteiger partial charge in [0, 0.05) is 10.9 Å². The average Bonchev–Trinajstić information content (AvgIpc) is 3.33. The Kier molecular flexibility index (Phi) is 5.52. The molecule has 4 rings (SSSR count). The first kappa shape index (κ1) is 18.2. The number of amides is 1. The maximum absolute atomic E-state index is 12.7. The third-order valence-electron chi connectivity index (χ3n) is 3.98. The van der Waals surface area contributed by atoms with Crippen LogP contribution in [0.5, 0.6) is 0 Å². The first-order chi connectivity index (χ1) is 13.2. The highest BCUT2D eigenvalue weighted by Gasteiger charge is 2.21. The number of para-hydroxylation sites is 1. The van der Waals surface area contributed by atoms with E-state index in [-0.39, 0.29) is 11.2 Å². The highest BCUT2D eigenvalue weighted by Crippen LogP contribution is 2.34. The first-order valence-electron chi connectivity index (χ1n) is 8.57. The number of carbonyl (C=O) groups is 1. The minimum Gasteiger partial charge on any atom is -0.301 e. The summed E-state index contributed by atoms with van der Waals surface area (Å²) in [5.41, 5.74) is 2.90. The van der Waals surface area contributed by atoms with E-state index in [1.54, 1.807) is 11.3 Å². The minimum absolute atomic E-state index is 0.0317. The van der Waals surface area contributed by atoms with Gasteiger partial charge in [0.1, 0.15) is 0 Å². The Bertz CT molecular complexity index is 1030. The molecule has 27 heavy (non-hydrogen) atoms. The predicted molar refractivity (Wildman–Crippen MR) is 116 cm³/mol. The van der Waals surface area contributed by atoms with Crippen molar-refractivity contribution in [3.8, 4) is 11.3 Å². The van der Waals surface area contributed by atoms with Gasteiger partial charge in [-0.25, -0.2) is 9.97 Å². The van der Waals surface area contributed by atoms with E-state index in [0.717, 1.165) is 32.2 Å². The summed E-state index contributed by atoms with van der Waals surface area (Å²) in [5.74, 6) is -0.0317. The van der Waals surface area contributed by atoms with Crippen LogP contribution in [0.1, 0.15) is 13.3 Å². The van der Waals surface area contributed by atoms with Crippen LogP contribution in [0.3, 0.4) is 0 Å². The lowest BCUT2D eigenvalue weighted by Gasteiger charge is -2.11. The quantitative estimate of drug-likeness (QED) is 0.400. The molecule has 0 saturated carbocycles. The van der Waals surface area contributed by atoms with Gasteiger partial charge in [0.05, 0.1) is 21.2 Å². The van der Waals surface area contributed by atoms with Gasteiger partial charge >= 0.3 is 0 Å². The van der Waals surface area contributed by atoms with Crippen LogP contribution in [0.25, 0.3) is 21.5 Å². The van der Waals surface area contributed by atoms with Crippen LogP contribution >= 0.6 is 34.4 Å². The van der Waals surface area contributed by atoms with Crippen LogP contribution < -0.4 is 5.32 Å². The van der Waals surface area contributed by atoms with Crippen molar-refractivity contribution in [1.29, 1.82) is 0 Å². The fourth-order valence-electron chi connectivity index (χ4n) is 2.60. The third-order valence-corrected chi connectivity index (χ3v) is 7.24. The fourth-order valence-corrected chi connectivity index (χ4v) is 5.56. The zero-order valence-electron chi connectivity index (χ0n) is 14.6. The SMILES string of the molecule is CC[C@@H](Sc1nc2ccccc2s1)C(=O)Nc1nc(-c2ccccc2)cs1. The van der Waals surface area contributed by atoms with Gasteiger partial charge in [0.25, 0.3) is 0 Å². The van der Waals surface area contributed by atoms with Gasteiger partial charge < -0.3 is 5.32 Å². The van der Waals surface area contributed by atoms with E-state index in [1.807, 2.05) is 60.8 Å². The third kappa shape index (κ3) is 4.21. The molecular formula is C20H17N3OS3. The molecule has 4 aromatic rings. The molecule has 0 aliphatic rings. The van der Waals surface area contributed by atoms with Crippen LogP contribution in [-0.2, 0) is 4.79 Å². The Hall–Kier alpha value is -2.22. The van der Waals surface area contributed by atoms with Crippen molar-refractivity contribution in [1.82, 2.24) is 9.97 Å². The molecule has 0 radical (unpaired) electrons. The predicted octanol–water partition coefficient (Wildman–Crippen LogP) is 5.93. The Morgan fingerprint density at radius 1 is 1.11 bits per heavy atom. The topological polar surface area (TPSA) is 54.9 Å². The fraction of sp³-hybridized carbons (Fsp3) is 0.150. The molecule has 2 heterocycles. The summed E-state index contributed by atoms with van der Waals surface area (Å²) in [6, 6.07) is 18.0. The van der Waals surface area contributed by atoms with E-state index in [9.17, 15) is 4.79 Å². The standard InChI is InChI=1S/C20H17N3OS3/c1-2-16(26-20-22-14-10-6-7-11-17(14)27-20)18(24)23-19-21-15(12-25-19)13-8-4-3-5-9-13/h3-12,16H,2H2,1H3,(H,21,23,24)/t16-/m1/s1. The lowest BCUT2D eigenvalue weighted by Crippen LogP contribution is -2.24. The molecule has 2 aromatic carbocycles. The lowest BCUT2D eigenvalue weighted by molar-refractivity contribution is -0.115. The molecule has 0 aliphatic heterocycles. The van der Waals surface area contributed by atoms with Gasteiger partial charge in [-0.2, -0.15) is 0 Å². The van der Waals surface area contributed by atoms with Gasteiger partial charge in [0.15, 0.2) is 9.47 Å². The average molecular weight is 412 g/mol. The largest absolute Gasteiger partial charge is 0.301 e. The highest BCUT2D eigenvalue weighted by molar-refractivity contribution is 8.02. The van der Waals surface area contributed by atoms with E-state index in [1.165, 1.54) is 23.1 Å². The van der Waals surface area contributed by atoms with Gasteiger partial charge in [0.2, 0.25) is 5.91 Å². The normalized spacial score (nSPS) is 12.2. The number of aromatic nitrogens is 2. The zero-order valence-corrected chi connectivity index (χ0v) is 17.0. The van der Waals surface area contributed by atoms with Crippen molar-refractivity contribution in [3.63, 3.8) is 0 Å². The van der Waals surface area contributed by atoms with Crippen molar-refractivity contribution in [3.05, 3.63) is 60.0 Å². The number of nitrogens with zero attached hydrogens (tertiary/aromatic N) is 2. The number of benzene rings is 2.